The monoisotopic (exact) mass is 438 g/mol. The van der Waals surface area contributed by atoms with Crippen molar-refractivity contribution in [1.82, 2.24) is 0 Å². The molecule has 0 aromatic carbocycles. The Balaban J connectivity index is 4.07. The van der Waals surface area contributed by atoms with Gasteiger partial charge in [0.2, 0.25) is 0 Å². The molecule has 0 aliphatic heterocycles. The summed E-state index contributed by atoms with van der Waals surface area (Å²) in [6, 6.07) is 0. The summed E-state index contributed by atoms with van der Waals surface area (Å²) >= 11 is 24.7. The fourth-order valence-corrected chi connectivity index (χ4v) is 6.08. The molecule has 10 heavy (non-hydrogen) atoms. The molecule has 0 heterocycles. The number of alkyl halides is 6. The third-order valence-electron chi connectivity index (χ3n) is 0.891. The van der Waals surface area contributed by atoms with Crippen molar-refractivity contribution in [2.45, 2.75) is 6.98 Å². The van der Waals surface area contributed by atoms with E-state index in [1.807, 2.05) is 0 Å². The highest BCUT2D eigenvalue weighted by Gasteiger charge is 2.34. The largest absolute Gasteiger partial charge is 0.159 e. The summed E-state index contributed by atoms with van der Waals surface area (Å²) in [5.41, 5.74) is 0. The van der Waals surface area contributed by atoms with Gasteiger partial charge in [0.15, 0.2) is 2.69 Å². The predicted octanol–water partition coefficient (Wildman–Crippen LogP) is 4.64. The van der Waals surface area contributed by atoms with Crippen LogP contribution in [-0.4, -0.2) is 12.3 Å². The SMILES string of the molecule is ClC(Br)C(CBr)C(Cl)(Br)Br. The van der Waals surface area contributed by atoms with Crippen molar-refractivity contribution >= 4 is 86.9 Å². The highest BCUT2D eigenvalue weighted by atomic mass is 79.9. The van der Waals surface area contributed by atoms with E-state index in [1.54, 1.807) is 0 Å². The Morgan fingerprint density at radius 2 is 1.80 bits per heavy atom. The Labute approximate surface area is 104 Å². The normalized spacial score (nSPS) is 18.6. The van der Waals surface area contributed by atoms with Crippen LogP contribution in [0.5, 0.6) is 0 Å². The molecule has 0 amide bonds. The molecule has 62 valence electrons. The van der Waals surface area contributed by atoms with Crippen LogP contribution in [0.1, 0.15) is 0 Å². The maximum Gasteiger partial charge on any atom is 0.159 e. The molecule has 6 heteroatoms. The molecule has 0 aliphatic carbocycles. The van der Waals surface area contributed by atoms with Gasteiger partial charge >= 0.3 is 0 Å². The minimum atomic E-state index is -0.639. The van der Waals surface area contributed by atoms with E-state index in [-0.39, 0.29) is 10.2 Å². The first-order chi connectivity index (χ1) is 4.39. The molecule has 0 radical (unpaired) electrons. The number of hydrogen-bond donors (Lipinski definition) is 0. The van der Waals surface area contributed by atoms with E-state index in [0.29, 0.717) is 5.33 Å². The highest BCUT2D eigenvalue weighted by molar-refractivity contribution is 9.26. The van der Waals surface area contributed by atoms with Gasteiger partial charge < -0.3 is 0 Å². The molecule has 0 aliphatic rings. The quantitative estimate of drug-likeness (QED) is 0.559. The van der Waals surface area contributed by atoms with E-state index in [1.165, 1.54) is 0 Å². The van der Waals surface area contributed by atoms with E-state index in [2.05, 4.69) is 63.7 Å². The number of halogens is 6. The molecule has 0 fully saturated rings. The van der Waals surface area contributed by atoms with Crippen molar-refractivity contribution in [1.29, 1.82) is 0 Å². The van der Waals surface area contributed by atoms with Crippen LogP contribution in [0.4, 0.5) is 0 Å². The Bertz CT molecular complexity index is 99.9. The lowest BCUT2D eigenvalue weighted by Gasteiger charge is -2.23. The summed E-state index contributed by atoms with van der Waals surface area (Å²) < 4.78 is -0.803. The van der Waals surface area contributed by atoms with Crippen LogP contribution in [0.2, 0.25) is 0 Å². The van der Waals surface area contributed by atoms with E-state index in [4.69, 9.17) is 23.2 Å². The molecule has 0 aromatic rings. The van der Waals surface area contributed by atoms with Crippen molar-refractivity contribution in [3.05, 3.63) is 0 Å². The number of hydrogen-bond acceptors (Lipinski definition) is 0. The first-order valence-corrected chi connectivity index (χ1v) is 6.74. The average Bonchev–Trinajstić information content (AvgIpc) is 1.60. The van der Waals surface area contributed by atoms with Gasteiger partial charge in [-0.05, 0) is 0 Å². The van der Waals surface area contributed by atoms with Gasteiger partial charge in [0, 0.05) is 11.2 Å². The van der Waals surface area contributed by atoms with Crippen LogP contribution >= 0.6 is 86.9 Å². The molecule has 0 saturated carbocycles. The van der Waals surface area contributed by atoms with Crippen LogP contribution in [0.3, 0.4) is 0 Å². The third-order valence-corrected chi connectivity index (χ3v) is 3.99. The second-order valence-electron chi connectivity index (χ2n) is 1.64. The van der Waals surface area contributed by atoms with Crippen LogP contribution < -0.4 is 0 Å². The Morgan fingerprint density at radius 1 is 1.40 bits per heavy atom. The van der Waals surface area contributed by atoms with Crippen LogP contribution in [-0.2, 0) is 0 Å². The van der Waals surface area contributed by atoms with Crippen molar-refractivity contribution in [3.63, 3.8) is 0 Å². The lowest BCUT2D eigenvalue weighted by atomic mass is 10.3. The first-order valence-electron chi connectivity index (χ1n) is 2.30. The van der Waals surface area contributed by atoms with E-state index >= 15 is 0 Å². The lowest BCUT2D eigenvalue weighted by molar-refractivity contribution is 0.703. The first kappa shape index (κ1) is 12.5. The molecule has 0 bridgehead atoms. The molecule has 2 unspecified atom stereocenters. The smallest absolute Gasteiger partial charge is 0.110 e. The maximum absolute atomic E-state index is 5.88. The van der Waals surface area contributed by atoms with E-state index in [0.717, 1.165) is 0 Å². The van der Waals surface area contributed by atoms with Crippen LogP contribution in [0.25, 0.3) is 0 Å². The van der Waals surface area contributed by atoms with Gasteiger partial charge in [0.1, 0.15) is 0 Å². The van der Waals surface area contributed by atoms with Gasteiger partial charge in [-0.2, -0.15) is 0 Å². The minimum absolute atomic E-state index is 0.0656. The fraction of sp³-hybridized carbons (Fsp3) is 1.00. The minimum Gasteiger partial charge on any atom is -0.110 e. The van der Waals surface area contributed by atoms with E-state index < -0.39 is 2.69 Å². The standard InChI is InChI=1S/C4H4Br4Cl2/c5-1-2(3(6)9)4(7,8)10/h2-3H,1H2. The summed E-state index contributed by atoms with van der Waals surface area (Å²) in [6.07, 6.45) is 0. The van der Waals surface area contributed by atoms with E-state index in [9.17, 15) is 0 Å². The molecule has 0 N–H and O–H groups in total. The van der Waals surface area contributed by atoms with Gasteiger partial charge in [-0.3, -0.25) is 0 Å². The van der Waals surface area contributed by atoms with Gasteiger partial charge in [-0.15, -0.1) is 11.6 Å². The van der Waals surface area contributed by atoms with Gasteiger partial charge in [0.25, 0.3) is 0 Å². The van der Waals surface area contributed by atoms with Gasteiger partial charge in [-0.25, -0.2) is 0 Å². The third kappa shape index (κ3) is 4.51. The molecular weight excluding hydrogens is 439 g/mol. The molecule has 0 saturated heterocycles. The second kappa shape index (κ2) is 5.28. The van der Waals surface area contributed by atoms with Crippen LogP contribution in [0.15, 0.2) is 0 Å². The summed E-state index contributed by atoms with van der Waals surface area (Å²) in [4.78, 5) is 0. The maximum atomic E-state index is 5.88. The second-order valence-corrected chi connectivity index (χ2v) is 9.34. The predicted molar refractivity (Wildman–Crippen MR) is 62.3 cm³/mol. The zero-order valence-electron chi connectivity index (χ0n) is 4.63. The number of rotatable bonds is 3. The highest BCUT2D eigenvalue weighted by Crippen LogP contribution is 2.44. The van der Waals surface area contributed by atoms with Crippen molar-refractivity contribution < 1.29 is 0 Å². The average molecular weight is 443 g/mol. The summed E-state index contributed by atoms with van der Waals surface area (Å²) in [7, 11) is 0. The summed E-state index contributed by atoms with van der Waals surface area (Å²) in [6.45, 7) is 0. The van der Waals surface area contributed by atoms with Crippen molar-refractivity contribution in [2.24, 2.45) is 5.92 Å². The fourth-order valence-electron chi connectivity index (χ4n) is 0.298. The molecule has 0 rings (SSSR count). The zero-order chi connectivity index (χ0) is 8.36. The molecule has 0 nitrogen and oxygen atoms in total. The topological polar surface area (TPSA) is 0 Å². The van der Waals surface area contributed by atoms with Crippen LogP contribution in [0, 0.1) is 5.92 Å². The summed E-state index contributed by atoms with van der Waals surface area (Å²) in [5.74, 6) is 0.0656. The molecule has 2 atom stereocenters. The van der Waals surface area contributed by atoms with Crippen molar-refractivity contribution in [3.8, 4) is 0 Å². The molecule has 0 spiro atoms. The Morgan fingerprint density at radius 3 is 1.80 bits per heavy atom. The summed E-state index contributed by atoms with van der Waals surface area (Å²) in [5, 5.41) is 0.715. The van der Waals surface area contributed by atoms with Gasteiger partial charge in [0.05, 0.1) is 4.29 Å². The van der Waals surface area contributed by atoms with Crippen molar-refractivity contribution in [2.75, 3.05) is 5.33 Å². The molecule has 0 aromatic heterocycles. The molecular formula is C4H4Br4Cl2. The van der Waals surface area contributed by atoms with Gasteiger partial charge in [-0.1, -0.05) is 75.3 Å². The Hall–Kier alpha value is 2.50. The zero-order valence-corrected chi connectivity index (χ0v) is 12.5. The lowest BCUT2D eigenvalue weighted by Crippen LogP contribution is -2.25. The Kier molecular flexibility index (Phi) is 6.60.